The maximum absolute atomic E-state index is 13.2. The molecule has 9 heteroatoms. The van der Waals surface area contributed by atoms with Crippen molar-refractivity contribution in [3.05, 3.63) is 42.1 Å². The van der Waals surface area contributed by atoms with Gasteiger partial charge in [-0.2, -0.15) is 13.2 Å². The van der Waals surface area contributed by atoms with Gasteiger partial charge in [-0.3, -0.25) is 4.79 Å². The number of carbonyl (C=O) groups is 1. The molecule has 1 atom stereocenters. The van der Waals surface area contributed by atoms with E-state index >= 15 is 0 Å². The van der Waals surface area contributed by atoms with E-state index in [0.29, 0.717) is 18.7 Å². The maximum Gasteiger partial charge on any atom is 0.433 e. The molecule has 0 unspecified atom stereocenters. The second kappa shape index (κ2) is 9.00. The maximum atomic E-state index is 13.2. The second-order valence-electron chi connectivity index (χ2n) is 5.33. The van der Waals surface area contributed by atoms with Gasteiger partial charge in [-0.15, -0.1) is 0 Å². The van der Waals surface area contributed by atoms with Gasteiger partial charge in [0, 0.05) is 19.2 Å². The summed E-state index contributed by atoms with van der Waals surface area (Å²) in [6.07, 6.45) is -4.61. The molecule has 2 rings (SSSR count). The standard InChI is InChI=1S/C17H18F3N3O2S/c1-11(15(24)21-8-9-25-2)26-16-22-13(12-6-4-3-5-7-12)10-14(23-16)17(18,19)20/h3-7,10-11H,8-9H2,1-2H3,(H,21,24)/t11-/m0/s1. The number of rotatable bonds is 7. The summed E-state index contributed by atoms with van der Waals surface area (Å²) in [4.78, 5) is 19.7. The number of nitrogens with zero attached hydrogens (tertiary/aromatic N) is 2. The Labute approximate surface area is 153 Å². The predicted octanol–water partition coefficient (Wildman–Crippen LogP) is 3.41. The topological polar surface area (TPSA) is 64.1 Å². The molecule has 1 heterocycles. The molecule has 140 valence electrons. The van der Waals surface area contributed by atoms with Gasteiger partial charge in [0.1, 0.15) is 5.69 Å². The Balaban J connectivity index is 2.26. The number of benzene rings is 1. The molecule has 0 aliphatic heterocycles. The normalized spacial score (nSPS) is 12.7. The van der Waals surface area contributed by atoms with E-state index in [2.05, 4.69) is 15.3 Å². The summed E-state index contributed by atoms with van der Waals surface area (Å²) in [6.45, 7) is 2.25. The fraction of sp³-hybridized carbons (Fsp3) is 0.353. The van der Waals surface area contributed by atoms with E-state index in [4.69, 9.17) is 4.74 Å². The SMILES string of the molecule is COCCNC(=O)[C@H](C)Sc1nc(-c2ccccc2)cc(C(F)(F)F)n1. The van der Waals surface area contributed by atoms with Gasteiger partial charge in [0.2, 0.25) is 5.91 Å². The number of methoxy groups -OCH3 is 1. The summed E-state index contributed by atoms with van der Waals surface area (Å²) in [5.74, 6) is -0.325. The number of thioether (sulfide) groups is 1. The number of ether oxygens (including phenoxy) is 1. The van der Waals surface area contributed by atoms with Crippen LogP contribution in [0.25, 0.3) is 11.3 Å². The Morgan fingerprint density at radius 1 is 1.27 bits per heavy atom. The molecule has 0 aliphatic rings. The third kappa shape index (κ3) is 5.70. The highest BCUT2D eigenvalue weighted by Crippen LogP contribution is 2.32. The first-order chi connectivity index (χ1) is 12.3. The minimum Gasteiger partial charge on any atom is -0.383 e. The van der Waals surface area contributed by atoms with Crippen molar-refractivity contribution < 1.29 is 22.7 Å². The van der Waals surface area contributed by atoms with Crippen molar-refractivity contribution in [3.63, 3.8) is 0 Å². The first-order valence-electron chi connectivity index (χ1n) is 7.76. The molecule has 0 bridgehead atoms. The smallest absolute Gasteiger partial charge is 0.383 e. The zero-order valence-electron chi connectivity index (χ0n) is 14.2. The molecule has 2 aromatic rings. The van der Waals surface area contributed by atoms with E-state index in [9.17, 15) is 18.0 Å². The molecular formula is C17H18F3N3O2S. The molecule has 26 heavy (non-hydrogen) atoms. The van der Waals surface area contributed by atoms with Gasteiger partial charge >= 0.3 is 6.18 Å². The van der Waals surface area contributed by atoms with E-state index in [1.165, 1.54) is 7.11 Å². The van der Waals surface area contributed by atoms with Crippen LogP contribution in [0.1, 0.15) is 12.6 Å². The molecular weight excluding hydrogens is 367 g/mol. The molecule has 5 nitrogen and oxygen atoms in total. The van der Waals surface area contributed by atoms with Crippen molar-refractivity contribution in [1.82, 2.24) is 15.3 Å². The van der Waals surface area contributed by atoms with Crippen LogP contribution in [0.4, 0.5) is 13.2 Å². The Morgan fingerprint density at radius 3 is 2.58 bits per heavy atom. The van der Waals surface area contributed by atoms with E-state index in [-0.39, 0.29) is 16.8 Å². The molecule has 0 aliphatic carbocycles. The number of halogens is 3. The van der Waals surface area contributed by atoms with E-state index in [1.54, 1.807) is 37.3 Å². The monoisotopic (exact) mass is 385 g/mol. The van der Waals surface area contributed by atoms with E-state index in [1.807, 2.05) is 0 Å². The fourth-order valence-electron chi connectivity index (χ4n) is 2.01. The second-order valence-corrected chi connectivity index (χ2v) is 6.64. The van der Waals surface area contributed by atoms with Crippen LogP contribution in [0, 0.1) is 0 Å². The molecule has 0 radical (unpaired) electrons. The lowest BCUT2D eigenvalue weighted by atomic mass is 10.1. The van der Waals surface area contributed by atoms with Gasteiger partial charge in [-0.25, -0.2) is 9.97 Å². The van der Waals surface area contributed by atoms with Gasteiger partial charge < -0.3 is 10.1 Å². The summed E-state index contributed by atoms with van der Waals surface area (Å²) >= 11 is 0.874. The lowest BCUT2D eigenvalue weighted by Crippen LogP contribution is -2.33. The molecule has 0 spiro atoms. The van der Waals surface area contributed by atoms with Gasteiger partial charge in [-0.1, -0.05) is 42.1 Å². The van der Waals surface area contributed by atoms with Crippen molar-refractivity contribution in [2.24, 2.45) is 0 Å². The highest BCUT2D eigenvalue weighted by Gasteiger charge is 2.34. The number of carbonyl (C=O) groups excluding carboxylic acids is 1. The number of aromatic nitrogens is 2. The van der Waals surface area contributed by atoms with Crippen LogP contribution in [0.15, 0.2) is 41.6 Å². The zero-order chi connectivity index (χ0) is 19.2. The first-order valence-corrected chi connectivity index (χ1v) is 8.64. The van der Waals surface area contributed by atoms with Crippen LogP contribution >= 0.6 is 11.8 Å². The van der Waals surface area contributed by atoms with Crippen molar-refractivity contribution in [2.75, 3.05) is 20.3 Å². The number of nitrogens with one attached hydrogen (secondary N) is 1. The minimum atomic E-state index is -4.61. The van der Waals surface area contributed by atoms with Crippen molar-refractivity contribution in [3.8, 4) is 11.3 Å². The van der Waals surface area contributed by atoms with Crippen molar-refractivity contribution in [1.29, 1.82) is 0 Å². The molecule has 0 fully saturated rings. The summed E-state index contributed by atoms with van der Waals surface area (Å²) < 4.78 is 44.4. The predicted molar refractivity (Wildman–Crippen MR) is 92.7 cm³/mol. The third-order valence-corrected chi connectivity index (χ3v) is 4.28. The van der Waals surface area contributed by atoms with E-state index in [0.717, 1.165) is 17.8 Å². The van der Waals surface area contributed by atoms with Crippen LogP contribution in [-0.2, 0) is 15.7 Å². The van der Waals surface area contributed by atoms with Crippen LogP contribution in [0.3, 0.4) is 0 Å². The van der Waals surface area contributed by atoms with Crippen LogP contribution in [0.5, 0.6) is 0 Å². The quantitative estimate of drug-likeness (QED) is 0.450. The minimum absolute atomic E-state index is 0.104. The number of hydrogen-bond acceptors (Lipinski definition) is 5. The van der Waals surface area contributed by atoms with Gasteiger partial charge in [0.05, 0.1) is 17.6 Å². The Morgan fingerprint density at radius 2 is 1.96 bits per heavy atom. The molecule has 1 aromatic carbocycles. The highest BCUT2D eigenvalue weighted by atomic mass is 32.2. The largest absolute Gasteiger partial charge is 0.433 e. The van der Waals surface area contributed by atoms with Crippen LogP contribution in [-0.4, -0.2) is 41.4 Å². The number of alkyl halides is 3. The Hall–Kier alpha value is -2.13. The van der Waals surface area contributed by atoms with Crippen molar-refractivity contribution >= 4 is 17.7 Å². The van der Waals surface area contributed by atoms with Crippen LogP contribution in [0.2, 0.25) is 0 Å². The lowest BCUT2D eigenvalue weighted by molar-refractivity contribution is -0.141. The van der Waals surface area contributed by atoms with Crippen LogP contribution < -0.4 is 5.32 Å². The summed E-state index contributed by atoms with van der Waals surface area (Å²) in [5.41, 5.74) is -0.345. The third-order valence-electron chi connectivity index (χ3n) is 3.32. The molecule has 0 saturated carbocycles. The number of hydrogen-bond donors (Lipinski definition) is 1. The Bertz CT molecular complexity index is 742. The summed E-state index contributed by atoms with van der Waals surface area (Å²) in [6, 6.07) is 9.42. The molecule has 1 amide bonds. The highest BCUT2D eigenvalue weighted by molar-refractivity contribution is 8.00. The molecule has 1 aromatic heterocycles. The lowest BCUT2D eigenvalue weighted by Gasteiger charge is -2.13. The zero-order valence-corrected chi connectivity index (χ0v) is 15.0. The molecule has 0 saturated heterocycles. The average Bonchev–Trinajstić information content (AvgIpc) is 2.61. The molecule has 1 N–H and O–H groups in total. The number of amides is 1. The Kier molecular flexibility index (Phi) is 6.98. The van der Waals surface area contributed by atoms with Crippen molar-refractivity contribution in [2.45, 2.75) is 23.5 Å². The van der Waals surface area contributed by atoms with Gasteiger partial charge in [0.25, 0.3) is 0 Å². The fourth-order valence-corrected chi connectivity index (χ4v) is 2.82. The van der Waals surface area contributed by atoms with E-state index < -0.39 is 17.1 Å². The first kappa shape index (κ1) is 20.2. The summed E-state index contributed by atoms with van der Waals surface area (Å²) in [7, 11) is 1.51. The van der Waals surface area contributed by atoms with Gasteiger partial charge in [-0.05, 0) is 13.0 Å². The average molecular weight is 385 g/mol. The summed E-state index contributed by atoms with van der Waals surface area (Å²) in [5, 5.41) is 1.87. The van der Waals surface area contributed by atoms with Gasteiger partial charge in [0.15, 0.2) is 5.16 Å².